The number of nitrogens with zero attached hydrogens (tertiary/aromatic N) is 3. The lowest BCUT2D eigenvalue weighted by molar-refractivity contribution is -0.119. The second kappa shape index (κ2) is 10.2. The van der Waals surface area contributed by atoms with Crippen LogP contribution < -0.4 is 4.90 Å². The van der Waals surface area contributed by atoms with Gasteiger partial charge in [-0.3, -0.25) is 4.79 Å². The van der Waals surface area contributed by atoms with Crippen molar-refractivity contribution >= 4 is 55.9 Å². The van der Waals surface area contributed by atoms with E-state index in [1.807, 2.05) is 0 Å². The van der Waals surface area contributed by atoms with Gasteiger partial charge in [-0.2, -0.15) is 4.31 Å². The summed E-state index contributed by atoms with van der Waals surface area (Å²) in [6.07, 6.45) is 0.382. The van der Waals surface area contributed by atoms with Crippen LogP contribution in [-0.2, 0) is 21.2 Å². The largest absolute Gasteiger partial charge is 0.346 e. The molecule has 0 unspecified atom stereocenters. The van der Waals surface area contributed by atoms with Gasteiger partial charge in [0, 0.05) is 54.4 Å². The summed E-state index contributed by atoms with van der Waals surface area (Å²) in [6.45, 7) is 0.127. The fraction of sp³-hybridized carbons (Fsp3) is 0.364. The molecule has 4 rings (SSSR count). The van der Waals surface area contributed by atoms with Crippen LogP contribution in [0.1, 0.15) is 12.0 Å². The number of aromatic amines is 1. The number of alkyl halides is 3. The molecule has 0 saturated carbocycles. The maximum absolute atomic E-state index is 13.0. The molecule has 0 radical (unpaired) electrons. The Morgan fingerprint density at radius 2 is 2.03 bits per heavy atom. The summed E-state index contributed by atoms with van der Waals surface area (Å²) in [7, 11) is -3.55. The van der Waals surface area contributed by atoms with Gasteiger partial charge in [0.2, 0.25) is 22.4 Å². The zero-order chi connectivity index (χ0) is 24.5. The summed E-state index contributed by atoms with van der Waals surface area (Å²) >= 11 is 12.2. The van der Waals surface area contributed by atoms with Gasteiger partial charge in [-0.1, -0.05) is 23.7 Å². The van der Waals surface area contributed by atoms with Gasteiger partial charge in [-0.05, 0) is 29.7 Å². The van der Waals surface area contributed by atoms with E-state index in [9.17, 15) is 22.0 Å². The van der Waals surface area contributed by atoms with E-state index in [1.54, 1.807) is 30.5 Å². The molecule has 0 bridgehead atoms. The number of halogens is 4. The first-order valence-electron chi connectivity index (χ1n) is 10.6. The average Bonchev–Trinajstić information content (AvgIpc) is 3.21. The van der Waals surface area contributed by atoms with Crippen molar-refractivity contribution in [1.29, 1.82) is 0 Å². The molecular formula is C22H22Cl2F2N4O3S. The van der Waals surface area contributed by atoms with Gasteiger partial charge in [0.25, 0.3) is 0 Å². The lowest BCUT2D eigenvalue weighted by atomic mass is 10.0. The third kappa shape index (κ3) is 5.05. The second-order valence-electron chi connectivity index (χ2n) is 7.91. The maximum Gasteiger partial charge on any atom is 0.242 e. The number of aromatic nitrogens is 2. The minimum atomic E-state index is -3.55. The Bertz CT molecular complexity index is 1320. The number of amides is 1. The summed E-state index contributed by atoms with van der Waals surface area (Å²) in [5, 5.41) is 0.734. The van der Waals surface area contributed by atoms with E-state index in [4.69, 9.17) is 23.2 Å². The topological polar surface area (TPSA) is 86.4 Å². The van der Waals surface area contributed by atoms with Crippen LogP contribution in [0.25, 0.3) is 22.2 Å². The number of carbonyl (C=O) groups excluding carboxylic acids is 1. The highest BCUT2D eigenvalue weighted by molar-refractivity contribution is 7.89. The summed E-state index contributed by atoms with van der Waals surface area (Å²) in [5.74, 6) is -0.211. The summed E-state index contributed by atoms with van der Waals surface area (Å²) in [6, 6.07) is 7.04. The number of hydrogen-bond donors (Lipinski definition) is 1. The van der Waals surface area contributed by atoms with Crippen molar-refractivity contribution in [3.63, 3.8) is 0 Å². The molecule has 1 aliphatic heterocycles. The molecule has 1 N–H and O–H groups in total. The van der Waals surface area contributed by atoms with Crippen molar-refractivity contribution in [3.8, 4) is 11.1 Å². The summed E-state index contributed by atoms with van der Waals surface area (Å²) < 4.78 is 52.0. The van der Waals surface area contributed by atoms with Gasteiger partial charge in [-0.15, -0.1) is 11.6 Å². The van der Waals surface area contributed by atoms with Gasteiger partial charge < -0.3 is 9.88 Å². The number of anilines is 1. The molecule has 34 heavy (non-hydrogen) atoms. The molecule has 3 heterocycles. The molecule has 182 valence electrons. The fourth-order valence-corrected chi connectivity index (χ4v) is 6.11. The Kier molecular flexibility index (Phi) is 7.42. The minimum Gasteiger partial charge on any atom is -0.346 e. The smallest absolute Gasteiger partial charge is 0.242 e. The number of sulfonamides is 1. The van der Waals surface area contributed by atoms with Crippen molar-refractivity contribution in [2.75, 3.05) is 36.2 Å². The van der Waals surface area contributed by atoms with Crippen LogP contribution in [0.2, 0.25) is 5.02 Å². The molecule has 3 aromatic rings. The highest BCUT2D eigenvalue weighted by Crippen LogP contribution is 2.36. The van der Waals surface area contributed by atoms with Gasteiger partial charge in [-0.25, -0.2) is 22.2 Å². The van der Waals surface area contributed by atoms with Gasteiger partial charge in [0.05, 0.1) is 17.3 Å². The predicted octanol–water partition coefficient (Wildman–Crippen LogP) is 4.30. The van der Waals surface area contributed by atoms with Gasteiger partial charge >= 0.3 is 0 Å². The Labute approximate surface area is 205 Å². The SMILES string of the molecule is O=C1CN(S(=O)(=O)CCCCl)CCN1c1cccc(-c2cnc3[nH]cc(CC(F)F)c3c2Cl)c1. The first-order valence-corrected chi connectivity index (χ1v) is 13.1. The van der Waals surface area contributed by atoms with Crippen molar-refractivity contribution in [3.05, 3.63) is 47.2 Å². The number of pyridine rings is 1. The van der Waals surface area contributed by atoms with Crippen LogP contribution >= 0.6 is 23.2 Å². The Morgan fingerprint density at radius 3 is 2.74 bits per heavy atom. The van der Waals surface area contributed by atoms with Crippen LogP contribution in [0.15, 0.2) is 36.7 Å². The van der Waals surface area contributed by atoms with E-state index in [-0.39, 0.29) is 37.2 Å². The van der Waals surface area contributed by atoms with Crippen LogP contribution in [0, 0.1) is 0 Å². The molecule has 1 aromatic carbocycles. The maximum atomic E-state index is 13.0. The Balaban J connectivity index is 1.60. The molecule has 1 aliphatic rings. The number of fused-ring (bicyclic) bond motifs is 1. The highest BCUT2D eigenvalue weighted by Gasteiger charge is 2.32. The molecule has 1 amide bonds. The number of carbonyl (C=O) groups is 1. The van der Waals surface area contributed by atoms with Crippen molar-refractivity contribution in [2.24, 2.45) is 0 Å². The molecule has 12 heteroatoms. The normalized spacial score (nSPS) is 15.6. The summed E-state index contributed by atoms with van der Waals surface area (Å²) in [5.41, 5.74) is 2.58. The van der Waals surface area contributed by atoms with E-state index in [2.05, 4.69) is 9.97 Å². The lowest BCUT2D eigenvalue weighted by Crippen LogP contribution is -2.52. The number of H-pyrrole nitrogens is 1. The number of piperazine rings is 1. The second-order valence-corrected chi connectivity index (χ2v) is 10.8. The lowest BCUT2D eigenvalue weighted by Gasteiger charge is -2.33. The molecule has 2 aromatic heterocycles. The van der Waals surface area contributed by atoms with Crippen LogP contribution in [0.4, 0.5) is 14.5 Å². The third-order valence-electron chi connectivity index (χ3n) is 5.68. The number of rotatable bonds is 8. The highest BCUT2D eigenvalue weighted by atomic mass is 35.5. The van der Waals surface area contributed by atoms with Gasteiger partial charge in [0.15, 0.2) is 0 Å². The Morgan fingerprint density at radius 1 is 1.24 bits per heavy atom. The molecule has 7 nitrogen and oxygen atoms in total. The number of benzene rings is 1. The zero-order valence-corrected chi connectivity index (χ0v) is 20.3. The third-order valence-corrected chi connectivity index (χ3v) is 8.24. The molecule has 1 saturated heterocycles. The molecule has 0 aliphatic carbocycles. The Hall–Kier alpha value is -2.27. The average molecular weight is 531 g/mol. The monoisotopic (exact) mass is 530 g/mol. The van der Waals surface area contributed by atoms with E-state index < -0.39 is 22.9 Å². The van der Waals surface area contributed by atoms with Gasteiger partial charge in [0.1, 0.15) is 5.65 Å². The fourth-order valence-electron chi connectivity index (χ4n) is 4.02. The van der Waals surface area contributed by atoms with E-state index in [0.29, 0.717) is 44.9 Å². The number of nitrogens with one attached hydrogen (secondary N) is 1. The van der Waals surface area contributed by atoms with E-state index in [1.165, 1.54) is 15.4 Å². The first-order chi connectivity index (χ1) is 16.2. The minimum absolute atomic E-state index is 0.0973. The summed E-state index contributed by atoms with van der Waals surface area (Å²) in [4.78, 5) is 21.5. The van der Waals surface area contributed by atoms with Crippen molar-refractivity contribution in [2.45, 2.75) is 19.3 Å². The molecule has 0 spiro atoms. The van der Waals surface area contributed by atoms with E-state index >= 15 is 0 Å². The van der Waals surface area contributed by atoms with Crippen LogP contribution in [-0.4, -0.2) is 66.3 Å². The van der Waals surface area contributed by atoms with Crippen molar-refractivity contribution in [1.82, 2.24) is 14.3 Å². The quantitative estimate of drug-likeness (QED) is 0.440. The number of hydrogen-bond acceptors (Lipinski definition) is 4. The standard InChI is InChI=1S/C22H22Cl2F2N4O3S/c23-5-2-8-34(32,33)29-6-7-30(19(31)13-29)16-4-1-3-14(9-16)17-12-28-22-20(21(17)24)15(11-27-22)10-18(25)26/h1,3-4,9,11-12,18H,2,5-8,10,13H2,(H,27,28). The molecular weight excluding hydrogens is 509 g/mol. The van der Waals surface area contributed by atoms with Crippen molar-refractivity contribution < 1.29 is 22.0 Å². The van der Waals surface area contributed by atoms with E-state index in [0.717, 1.165) is 0 Å². The predicted molar refractivity (Wildman–Crippen MR) is 129 cm³/mol. The first kappa shape index (κ1) is 24.8. The van der Waals surface area contributed by atoms with Crippen LogP contribution in [0.3, 0.4) is 0 Å². The zero-order valence-electron chi connectivity index (χ0n) is 18.0. The molecule has 1 fully saturated rings. The van der Waals surface area contributed by atoms with Crippen LogP contribution in [0.5, 0.6) is 0 Å². The molecule has 0 atom stereocenters.